The molecule has 0 N–H and O–H groups in total. The van der Waals surface area contributed by atoms with Crippen LogP contribution in [0.3, 0.4) is 0 Å². The van der Waals surface area contributed by atoms with Gasteiger partial charge in [0.1, 0.15) is 11.5 Å². The predicted octanol–water partition coefficient (Wildman–Crippen LogP) is 17.8. The van der Waals surface area contributed by atoms with Gasteiger partial charge >= 0.3 is 0 Å². The van der Waals surface area contributed by atoms with E-state index in [-0.39, 0.29) is 0 Å². The second-order valence-electron chi connectivity index (χ2n) is 17.5. The van der Waals surface area contributed by atoms with E-state index in [2.05, 4.69) is 243 Å². The largest absolute Gasteiger partial charge is 0.497 e. The Balaban J connectivity index is 0.996. The fraction of sp³-hybridized carbons (Fsp3) is 0.0294. The Morgan fingerprint density at radius 2 is 0.600 bits per heavy atom. The van der Waals surface area contributed by atoms with E-state index < -0.39 is 0 Å². The van der Waals surface area contributed by atoms with Gasteiger partial charge in [-0.15, -0.1) is 0 Å². The number of fused-ring (bicyclic) bond motifs is 4. The normalized spacial score (nSPS) is 12.2. The minimum absolute atomic E-state index is 0.833. The summed E-state index contributed by atoms with van der Waals surface area (Å²) in [7, 11) is 3.42. The predicted molar refractivity (Wildman–Crippen MR) is 300 cm³/mol. The molecule has 0 spiro atoms. The van der Waals surface area contributed by atoms with Gasteiger partial charge in [-0.3, -0.25) is 0 Å². The number of benzene rings is 11. The molecule has 0 atom stereocenters. The summed E-state index contributed by atoms with van der Waals surface area (Å²) in [5.41, 5.74) is 13.8. The summed E-state index contributed by atoms with van der Waals surface area (Å²) in [6, 6.07) is 82.2. The van der Waals surface area contributed by atoms with Gasteiger partial charge in [-0.05, 0) is 158 Å². The molecule has 334 valence electrons. The van der Waals surface area contributed by atoms with Gasteiger partial charge in [0.2, 0.25) is 0 Å². The minimum atomic E-state index is 0.833. The lowest BCUT2D eigenvalue weighted by Crippen LogP contribution is -1.92. The van der Waals surface area contributed by atoms with Crippen molar-refractivity contribution in [2.75, 3.05) is 14.2 Å². The van der Waals surface area contributed by atoms with Crippen LogP contribution in [0.1, 0.15) is 55.6 Å². The van der Waals surface area contributed by atoms with Crippen molar-refractivity contribution in [1.29, 1.82) is 0 Å². The third kappa shape index (κ3) is 8.95. The van der Waals surface area contributed by atoms with Gasteiger partial charge in [0.25, 0.3) is 0 Å². The molecule has 0 bridgehead atoms. The van der Waals surface area contributed by atoms with Crippen molar-refractivity contribution in [2.24, 2.45) is 0 Å². The Labute approximate surface area is 410 Å². The van der Waals surface area contributed by atoms with E-state index in [1.165, 1.54) is 54.2 Å². The fourth-order valence-electron chi connectivity index (χ4n) is 9.72. The van der Waals surface area contributed by atoms with E-state index in [0.717, 1.165) is 67.2 Å². The first kappa shape index (κ1) is 43.6. The molecule has 11 rings (SSSR count). The molecule has 70 heavy (non-hydrogen) atoms. The van der Waals surface area contributed by atoms with Gasteiger partial charge in [-0.25, -0.2) is 0 Å². The van der Waals surface area contributed by atoms with E-state index in [1.54, 1.807) is 14.2 Å². The molecular weight excluding hydrogens is 849 g/mol. The minimum Gasteiger partial charge on any atom is -0.497 e. The van der Waals surface area contributed by atoms with Crippen LogP contribution in [0, 0.1) is 0 Å². The van der Waals surface area contributed by atoms with Crippen LogP contribution in [0.5, 0.6) is 11.5 Å². The number of methoxy groups -OCH3 is 2. The highest BCUT2D eigenvalue weighted by atomic mass is 16.5. The topological polar surface area (TPSA) is 18.5 Å². The molecule has 2 nitrogen and oxygen atoms in total. The molecule has 0 fully saturated rings. The fourth-order valence-corrected chi connectivity index (χ4v) is 9.72. The first-order valence-corrected chi connectivity index (χ1v) is 23.8. The van der Waals surface area contributed by atoms with Gasteiger partial charge in [-0.2, -0.15) is 0 Å². The van der Waals surface area contributed by atoms with E-state index in [9.17, 15) is 0 Å². The zero-order chi connectivity index (χ0) is 47.2. The SMILES string of the molecule is COc1ccc(/C(=C\c2ccccc2C=Cc2c3ccccc3c(C=Cc3ccccc3/C=C(\c3ccc(OC)cc3)c3ccc4ccccc4c3)c3ccccc23)c2ccc3ccccc3c2)cc1. The molecule has 0 aromatic heterocycles. The first-order chi connectivity index (χ1) is 34.6. The smallest absolute Gasteiger partial charge is 0.118 e. The number of hydrogen-bond donors (Lipinski definition) is 0. The average Bonchev–Trinajstić information content (AvgIpc) is 3.43. The van der Waals surface area contributed by atoms with Crippen LogP contribution >= 0.6 is 0 Å². The Kier molecular flexibility index (Phi) is 12.3. The van der Waals surface area contributed by atoms with E-state index in [4.69, 9.17) is 9.47 Å². The Hall–Kier alpha value is -8.98. The van der Waals surface area contributed by atoms with E-state index >= 15 is 0 Å². The van der Waals surface area contributed by atoms with Gasteiger partial charge in [-0.1, -0.05) is 218 Å². The van der Waals surface area contributed by atoms with Gasteiger partial charge in [0.15, 0.2) is 0 Å². The van der Waals surface area contributed by atoms with Gasteiger partial charge < -0.3 is 9.47 Å². The highest BCUT2D eigenvalue weighted by molar-refractivity contribution is 6.14. The molecule has 0 aliphatic heterocycles. The standard InChI is InChI=1S/C68H50O2/c1-69-59-37-31-51(32-38-59)67(57-29-27-47-15-3-7-19-53(47)43-57)45-55-21-9-5-17-49(55)35-41-65-61-23-11-13-25-63(61)66(64-26-14-12-24-62(64)65)42-36-50-18-6-10-22-56(50)46-68(52-33-39-60(70-2)40-34-52)58-30-28-48-16-4-8-20-54(48)44-58/h3-46H,1-2H3/b41-35?,42-36?,67-45+,68-46+. The zero-order valence-corrected chi connectivity index (χ0v) is 39.2. The van der Waals surface area contributed by atoms with Crippen LogP contribution in [0.2, 0.25) is 0 Å². The van der Waals surface area contributed by atoms with Crippen LogP contribution in [-0.4, -0.2) is 14.2 Å². The summed E-state index contributed by atoms with van der Waals surface area (Å²) in [6.45, 7) is 0. The van der Waals surface area contributed by atoms with Crippen molar-refractivity contribution in [2.45, 2.75) is 0 Å². The molecule has 0 saturated heterocycles. The first-order valence-electron chi connectivity index (χ1n) is 23.8. The molecule has 2 heteroatoms. The van der Waals surface area contributed by atoms with Crippen LogP contribution in [0.25, 0.3) is 90.7 Å². The molecule has 0 unspecified atom stereocenters. The molecule has 0 saturated carbocycles. The molecule has 0 heterocycles. The van der Waals surface area contributed by atoms with Crippen molar-refractivity contribution in [3.05, 3.63) is 286 Å². The van der Waals surface area contributed by atoms with Crippen LogP contribution < -0.4 is 9.47 Å². The summed E-state index contributed by atoms with van der Waals surface area (Å²) >= 11 is 0. The third-order valence-electron chi connectivity index (χ3n) is 13.4. The van der Waals surface area contributed by atoms with Gasteiger partial charge in [0, 0.05) is 0 Å². The lowest BCUT2D eigenvalue weighted by atomic mass is 9.90. The zero-order valence-electron chi connectivity index (χ0n) is 39.2. The lowest BCUT2D eigenvalue weighted by molar-refractivity contribution is 0.414. The summed E-state index contributed by atoms with van der Waals surface area (Å²) in [5, 5.41) is 9.66. The van der Waals surface area contributed by atoms with E-state index in [0.29, 0.717) is 0 Å². The Morgan fingerprint density at radius 1 is 0.286 bits per heavy atom. The quantitative estimate of drug-likeness (QED) is 0.0898. The summed E-state index contributed by atoms with van der Waals surface area (Å²) < 4.78 is 11.1. The maximum Gasteiger partial charge on any atom is 0.118 e. The summed E-state index contributed by atoms with van der Waals surface area (Å²) in [5.74, 6) is 1.67. The Morgan fingerprint density at radius 3 is 0.971 bits per heavy atom. The maximum atomic E-state index is 5.55. The Bertz CT molecular complexity index is 3520. The van der Waals surface area contributed by atoms with Crippen molar-refractivity contribution >= 4 is 90.7 Å². The van der Waals surface area contributed by atoms with Gasteiger partial charge in [0.05, 0.1) is 14.2 Å². The molecular formula is C68H50O2. The van der Waals surface area contributed by atoms with Crippen molar-refractivity contribution in [1.82, 2.24) is 0 Å². The highest BCUT2D eigenvalue weighted by Gasteiger charge is 2.14. The molecule has 0 amide bonds. The second-order valence-corrected chi connectivity index (χ2v) is 17.5. The molecule has 11 aromatic carbocycles. The maximum absolute atomic E-state index is 5.55. The highest BCUT2D eigenvalue weighted by Crippen LogP contribution is 2.38. The lowest BCUT2D eigenvalue weighted by Gasteiger charge is -2.14. The summed E-state index contributed by atoms with van der Waals surface area (Å²) in [6.07, 6.45) is 13.8. The molecule has 0 aliphatic carbocycles. The third-order valence-corrected chi connectivity index (χ3v) is 13.4. The molecule has 0 radical (unpaired) electrons. The average molecular weight is 899 g/mol. The molecule has 0 aliphatic rings. The van der Waals surface area contributed by atoms with Crippen molar-refractivity contribution in [3.8, 4) is 11.5 Å². The van der Waals surface area contributed by atoms with Crippen molar-refractivity contribution < 1.29 is 9.47 Å². The summed E-state index contributed by atoms with van der Waals surface area (Å²) in [4.78, 5) is 0. The van der Waals surface area contributed by atoms with Crippen molar-refractivity contribution in [3.63, 3.8) is 0 Å². The van der Waals surface area contributed by atoms with Crippen LogP contribution in [0.4, 0.5) is 0 Å². The van der Waals surface area contributed by atoms with E-state index in [1.807, 2.05) is 24.3 Å². The number of rotatable bonds is 12. The second kappa shape index (κ2) is 19.7. The van der Waals surface area contributed by atoms with Crippen LogP contribution in [0.15, 0.2) is 231 Å². The number of hydrogen-bond acceptors (Lipinski definition) is 2. The monoisotopic (exact) mass is 898 g/mol. The van der Waals surface area contributed by atoms with Crippen LogP contribution in [-0.2, 0) is 0 Å². The number of ether oxygens (including phenoxy) is 2. The molecule has 11 aromatic rings.